The Kier molecular flexibility index (Phi) is 5.52. The molecule has 1 fully saturated rings. The molecule has 0 saturated heterocycles. The Hall–Kier alpha value is -2.37. The Labute approximate surface area is 129 Å². The first-order chi connectivity index (χ1) is 10.6. The van der Waals surface area contributed by atoms with Crippen molar-refractivity contribution in [2.45, 2.75) is 25.7 Å². The maximum Gasteiger partial charge on any atom is 0.314 e. The SMILES string of the molecule is NC(N)=NCC1CCC(C(=O)Oc2ccccc2C=O)CC1. The van der Waals surface area contributed by atoms with E-state index in [0.717, 1.165) is 25.7 Å². The molecule has 0 heterocycles. The number of para-hydroxylation sites is 1. The van der Waals surface area contributed by atoms with Crippen LogP contribution in [0.15, 0.2) is 29.3 Å². The molecule has 22 heavy (non-hydrogen) atoms. The molecule has 0 unspecified atom stereocenters. The first-order valence-corrected chi connectivity index (χ1v) is 7.41. The normalized spacial score (nSPS) is 20.9. The van der Waals surface area contributed by atoms with E-state index >= 15 is 0 Å². The van der Waals surface area contributed by atoms with Gasteiger partial charge in [-0.3, -0.25) is 14.6 Å². The van der Waals surface area contributed by atoms with Crippen molar-refractivity contribution in [3.05, 3.63) is 29.8 Å². The van der Waals surface area contributed by atoms with E-state index < -0.39 is 0 Å². The summed E-state index contributed by atoms with van der Waals surface area (Å²) < 4.78 is 5.37. The molecule has 0 spiro atoms. The molecule has 1 aromatic rings. The molecule has 1 aliphatic carbocycles. The maximum atomic E-state index is 12.2. The second-order valence-corrected chi connectivity index (χ2v) is 5.56. The lowest BCUT2D eigenvalue weighted by Crippen LogP contribution is -2.28. The van der Waals surface area contributed by atoms with Crippen molar-refractivity contribution in [2.75, 3.05) is 6.54 Å². The van der Waals surface area contributed by atoms with Gasteiger partial charge in [-0.05, 0) is 43.7 Å². The van der Waals surface area contributed by atoms with E-state index in [2.05, 4.69) is 4.99 Å². The van der Waals surface area contributed by atoms with Crippen molar-refractivity contribution in [1.82, 2.24) is 0 Å². The summed E-state index contributed by atoms with van der Waals surface area (Å²) in [6.07, 6.45) is 3.99. The van der Waals surface area contributed by atoms with Crippen LogP contribution in [0.5, 0.6) is 5.75 Å². The van der Waals surface area contributed by atoms with Crippen LogP contribution in [0.3, 0.4) is 0 Å². The molecule has 0 atom stereocenters. The van der Waals surface area contributed by atoms with E-state index in [4.69, 9.17) is 16.2 Å². The van der Waals surface area contributed by atoms with Crippen LogP contribution in [0.4, 0.5) is 0 Å². The Morgan fingerprint density at radius 3 is 2.55 bits per heavy atom. The van der Waals surface area contributed by atoms with Crippen LogP contribution in [0.25, 0.3) is 0 Å². The number of carbonyl (C=O) groups is 2. The molecule has 1 aliphatic rings. The van der Waals surface area contributed by atoms with Gasteiger partial charge in [0.15, 0.2) is 12.2 Å². The third kappa shape index (κ3) is 4.31. The van der Waals surface area contributed by atoms with Gasteiger partial charge >= 0.3 is 5.97 Å². The summed E-state index contributed by atoms with van der Waals surface area (Å²) in [6.45, 7) is 0.609. The second-order valence-electron chi connectivity index (χ2n) is 5.56. The number of nitrogens with zero attached hydrogens (tertiary/aromatic N) is 1. The molecular weight excluding hydrogens is 282 g/mol. The first kappa shape index (κ1) is 16.0. The number of aliphatic imine (C=N–C) groups is 1. The van der Waals surface area contributed by atoms with Crippen LogP contribution in [0, 0.1) is 11.8 Å². The molecule has 0 amide bonds. The highest BCUT2D eigenvalue weighted by atomic mass is 16.5. The number of esters is 1. The number of rotatable bonds is 5. The van der Waals surface area contributed by atoms with Gasteiger partial charge in [0.2, 0.25) is 0 Å². The zero-order valence-electron chi connectivity index (χ0n) is 12.4. The van der Waals surface area contributed by atoms with Gasteiger partial charge in [0.25, 0.3) is 0 Å². The fraction of sp³-hybridized carbons (Fsp3) is 0.438. The molecule has 1 saturated carbocycles. The molecule has 118 valence electrons. The molecule has 0 bridgehead atoms. The fourth-order valence-corrected chi connectivity index (χ4v) is 2.68. The van der Waals surface area contributed by atoms with Crippen molar-refractivity contribution in [3.8, 4) is 5.75 Å². The molecule has 1 aromatic carbocycles. The Bertz CT molecular complexity index is 560. The average Bonchev–Trinajstić information content (AvgIpc) is 2.54. The van der Waals surface area contributed by atoms with Gasteiger partial charge in [0.1, 0.15) is 5.75 Å². The molecular formula is C16H21N3O3. The number of hydrogen-bond acceptors (Lipinski definition) is 4. The van der Waals surface area contributed by atoms with Crippen molar-refractivity contribution < 1.29 is 14.3 Å². The summed E-state index contributed by atoms with van der Waals surface area (Å²) in [5.74, 6) is 0.440. The quantitative estimate of drug-likeness (QED) is 0.282. The number of carbonyl (C=O) groups excluding carboxylic acids is 2. The summed E-state index contributed by atoms with van der Waals surface area (Å²) in [6, 6.07) is 6.73. The number of guanidine groups is 1. The highest BCUT2D eigenvalue weighted by Gasteiger charge is 2.28. The van der Waals surface area contributed by atoms with Gasteiger partial charge in [-0.1, -0.05) is 12.1 Å². The van der Waals surface area contributed by atoms with E-state index in [9.17, 15) is 9.59 Å². The van der Waals surface area contributed by atoms with E-state index in [-0.39, 0.29) is 17.8 Å². The molecule has 4 N–H and O–H groups in total. The van der Waals surface area contributed by atoms with Gasteiger partial charge in [-0.25, -0.2) is 0 Å². The molecule has 0 radical (unpaired) electrons. The monoisotopic (exact) mass is 303 g/mol. The van der Waals surface area contributed by atoms with Crippen LogP contribution in [-0.4, -0.2) is 24.8 Å². The van der Waals surface area contributed by atoms with Gasteiger partial charge in [-0.15, -0.1) is 0 Å². The van der Waals surface area contributed by atoms with Crippen molar-refractivity contribution in [1.29, 1.82) is 0 Å². The summed E-state index contributed by atoms with van der Waals surface area (Å²) in [4.78, 5) is 27.2. The maximum absolute atomic E-state index is 12.2. The fourth-order valence-electron chi connectivity index (χ4n) is 2.68. The summed E-state index contributed by atoms with van der Waals surface area (Å²) >= 11 is 0. The van der Waals surface area contributed by atoms with Gasteiger partial charge in [0, 0.05) is 6.54 Å². The number of aldehydes is 1. The molecule has 0 aromatic heterocycles. The average molecular weight is 303 g/mol. The number of benzene rings is 1. The predicted molar refractivity (Wildman–Crippen MR) is 83.6 cm³/mol. The molecule has 2 rings (SSSR count). The van der Waals surface area contributed by atoms with Crippen LogP contribution >= 0.6 is 0 Å². The number of ether oxygens (including phenoxy) is 1. The molecule has 6 heteroatoms. The van der Waals surface area contributed by atoms with E-state index in [0.29, 0.717) is 30.1 Å². The van der Waals surface area contributed by atoms with Gasteiger partial charge < -0.3 is 16.2 Å². The predicted octanol–water partition coefficient (Wildman–Crippen LogP) is 1.48. The minimum atomic E-state index is -0.269. The Morgan fingerprint density at radius 2 is 1.91 bits per heavy atom. The smallest absolute Gasteiger partial charge is 0.314 e. The van der Waals surface area contributed by atoms with Crippen molar-refractivity contribution in [2.24, 2.45) is 28.3 Å². The largest absolute Gasteiger partial charge is 0.426 e. The molecule has 6 nitrogen and oxygen atoms in total. The second kappa shape index (κ2) is 7.59. The van der Waals surface area contributed by atoms with Crippen molar-refractivity contribution >= 4 is 18.2 Å². The minimum absolute atomic E-state index is 0.104. The Balaban J connectivity index is 1.87. The van der Waals surface area contributed by atoms with Gasteiger partial charge in [-0.2, -0.15) is 0 Å². The minimum Gasteiger partial charge on any atom is -0.426 e. The van der Waals surface area contributed by atoms with E-state index in [1.165, 1.54) is 0 Å². The van der Waals surface area contributed by atoms with Crippen molar-refractivity contribution in [3.63, 3.8) is 0 Å². The highest BCUT2D eigenvalue weighted by Crippen LogP contribution is 2.30. The van der Waals surface area contributed by atoms with E-state index in [1.807, 2.05) is 0 Å². The van der Waals surface area contributed by atoms with Crippen LogP contribution in [0.2, 0.25) is 0 Å². The van der Waals surface area contributed by atoms with Crippen LogP contribution in [-0.2, 0) is 4.79 Å². The zero-order chi connectivity index (χ0) is 15.9. The highest BCUT2D eigenvalue weighted by molar-refractivity contribution is 5.83. The Morgan fingerprint density at radius 1 is 1.23 bits per heavy atom. The standard InChI is InChI=1S/C16H21N3O3/c17-16(18)19-9-11-5-7-12(8-6-11)15(21)22-14-4-2-1-3-13(14)10-20/h1-4,10-12H,5-9H2,(H4,17,18,19). The third-order valence-corrected chi connectivity index (χ3v) is 3.97. The topological polar surface area (TPSA) is 108 Å². The zero-order valence-corrected chi connectivity index (χ0v) is 12.4. The van der Waals surface area contributed by atoms with E-state index in [1.54, 1.807) is 24.3 Å². The number of hydrogen-bond donors (Lipinski definition) is 2. The van der Waals surface area contributed by atoms with Gasteiger partial charge in [0.05, 0.1) is 11.5 Å². The summed E-state index contributed by atoms with van der Waals surface area (Å²) in [7, 11) is 0. The van der Waals surface area contributed by atoms with Crippen LogP contribution in [0.1, 0.15) is 36.0 Å². The molecule has 0 aliphatic heterocycles. The summed E-state index contributed by atoms with van der Waals surface area (Å²) in [5, 5.41) is 0. The van der Waals surface area contributed by atoms with Crippen LogP contribution < -0.4 is 16.2 Å². The first-order valence-electron chi connectivity index (χ1n) is 7.41. The lowest BCUT2D eigenvalue weighted by molar-refractivity contribution is -0.140. The lowest BCUT2D eigenvalue weighted by Gasteiger charge is -2.26. The third-order valence-electron chi connectivity index (χ3n) is 3.97. The summed E-state index contributed by atoms with van der Waals surface area (Å²) in [5.41, 5.74) is 11.0. The lowest BCUT2D eigenvalue weighted by atomic mass is 9.82. The number of nitrogens with two attached hydrogens (primary N) is 2.